The van der Waals surface area contributed by atoms with Gasteiger partial charge in [-0.1, -0.05) is 12.5 Å². The molecule has 1 aromatic carbocycles. The molecular weight excluding hydrogens is 368 g/mol. The number of likely N-dealkylation sites (tertiary alicyclic amines) is 1. The standard InChI is InChI=1S/C18H28N4O4S/c1-19-9-4-3-6-15(19)14-20-10-12-21(13-11-20)16-7-5-8-17(27(2,25)26)18(16)22(23)24/h5,7-8,15H,3-4,6,9-14H2,1-2H3. The lowest BCUT2D eigenvalue weighted by atomic mass is 10.0. The maximum Gasteiger partial charge on any atom is 0.311 e. The van der Waals surface area contributed by atoms with E-state index in [1.807, 2.05) is 4.90 Å². The molecular formula is C18H28N4O4S. The molecule has 0 bridgehead atoms. The van der Waals surface area contributed by atoms with Crippen LogP contribution in [-0.4, -0.2) is 81.8 Å². The molecule has 150 valence electrons. The van der Waals surface area contributed by atoms with Crippen molar-refractivity contribution in [3.63, 3.8) is 0 Å². The fourth-order valence-electron chi connectivity index (χ4n) is 4.09. The third-order valence-electron chi connectivity index (χ3n) is 5.66. The van der Waals surface area contributed by atoms with Crippen LogP contribution in [0.25, 0.3) is 0 Å². The zero-order valence-electron chi connectivity index (χ0n) is 16.0. The number of piperidine rings is 1. The van der Waals surface area contributed by atoms with E-state index < -0.39 is 14.8 Å². The second-order valence-electron chi connectivity index (χ2n) is 7.57. The summed E-state index contributed by atoms with van der Waals surface area (Å²) in [5, 5.41) is 11.6. The first-order valence-corrected chi connectivity index (χ1v) is 11.3. The van der Waals surface area contributed by atoms with E-state index in [0.29, 0.717) is 24.8 Å². The molecule has 1 atom stereocenters. The van der Waals surface area contributed by atoms with E-state index >= 15 is 0 Å². The van der Waals surface area contributed by atoms with Gasteiger partial charge < -0.3 is 9.80 Å². The van der Waals surface area contributed by atoms with Gasteiger partial charge >= 0.3 is 5.69 Å². The lowest BCUT2D eigenvalue weighted by Gasteiger charge is -2.40. The molecule has 2 aliphatic heterocycles. The van der Waals surface area contributed by atoms with Crippen molar-refractivity contribution in [1.82, 2.24) is 9.80 Å². The molecule has 27 heavy (non-hydrogen) atoms. The number of hydrogen-bond acceptors (Lipinski definition) is 7. The zero-order chi connectivity index (χ0) is 19.6. The fraction of sp³-hybridized carbons (Fsp3) is 0.667. The Bertz CT molecular complexity index is 791. The smallest absolute Gasteiger partial charge is 0.311 e. The van der Waals surface area contributed by atoms with E-state index in [2.05, 4.69) is 16.8 Å². The summed E-state index contributed by atoms with van der Waals surface area (Å²) in [6.45, 7) is 5.13. The average molecular weight is 397 g/mol. The second-order valence-corrected chi connectivity index (χ2v) is 9.56. The van der Waals surface area contributed by atoms with Crippen LogP contribution in [-0.2, 0) is 9.84 Å². The zero-order valence-corrected chi connectivity index (χ0v) is 16.8. The monoisotopic (exact) mass is 396 g/mol. The van der Waals surface area contributed by atoms with E-state index in [9.17, 15) is 18.5 Å². The van der Waals surface area contributed by atoms with Crippen molar-refractivity contribution < 1.29 is 13.3 Å². The van der Waals surface area contributed by atoms with Gasteiger partial charge in [-0.05, 0) is 38.6 Å². The van der Waals surface area contributed by atoms with Gasteiger partial charge in [0, 0.05) is 45.0 Å². The number of nitro benzene ring substituents is 1. The third kappa shape index (κ3) is 4.59. The number of anilines is 1. The van der Waals surface area contributed by atoms with Crippen LogP contribution in [0.2, 0.25) is 0 Å². The largest absolute Gasteiger partial charge is 0.363 e. The Labute approximate surface area is 160 Å². The molecule has 0 amide bonds. The van der Waals surface area contributed by atoms with E-state index in [4.69, 9.17) is 0 Å². The number of para-hydroxylation sites is 1. The highest BCUT2D eigenvalue weighted by molar-refractivity contribution is 7.90. The second kappa shape index (κ2) is 8.12. The Morgan fingerprint density at radius 2 is 1.85 bits per heavy atom. The molecule has 0 saturated carbocycles. The normalized spacial score (nSPS) is 22.7. The Morgan fingerprint density at radius 1 is 1.15 bits per heavy atom. The number of hydrogen-bond donors (Lipinski definition) is 0. The van der Waals surface area contributed by atoms with Crippen molar-refractivity contribution in [1.29, 1.82) is 0 Å². The number of sulfone groups is 1. The van der Waals surface area contributed by atoms with Gasteiger partial charge in [0.15, 0.2) is 9.84 Å². The molecule has 0 radical (unpaired) electrons. The molecule has 0 N–H and O–H groups in total. The average Bonchev–Trinajstić information content (AvgIpc) is 2.63. The van der Waals surface area contributed by atoms with Gasteiger partial charge in [-0.25, -0.2) is 8.42 Å². The fourth-order valence-corrected chi connectivity index (χ4v) is 4.95. The van der Waals surface area contributed by atoms with Crippen LogP contribution in [0.15, 0.2) is 23.1 Å². The number of piperazine rings is 1. The van der Waals surface area contributed by atoms with Gasteiger partial charge in [0.25, 0.3) is 0 Å². The molecule has 8 nitrogen and oxygen atoms in total. The maximum absolute atomic E-state index is 12.0. The predicted molar refractivity (Wildman–Crippen MR) is 105 cm³/mol. The molecule has 3 rings (SSSR count). The summed E-state index contributed by atoms with van der Waals surface area (Å²) in [7, 11) is -1.48. The minimum Gasteiger partial charge on any atom is -0.363 e. The number of nitrogens with zero attached hydrogens (tertiary/aromatic N) is 4. The van der Waals surface area contributed by atoms with E-state index in [-0.39, 0.29) is 10.6 Å². The van der Waals surface area contributed by atoms with Gasteiger partial charge in [-0.15, -0.1) is 0 Å². The summed E-state index contributed by atoms with van der Waals surface area (Å²) in [6.07, 6.45) is 4.77. The summed E-state index contributed by atoms with van der Waals surface area (Å²) in [5.41, 5.74) is 0.0952. The minimum absolute atomic E-state index is 0.212. The highest BCUT2D eigenvalue weighted by Gasteiger charge is 2.31. The van der Waals surface area contributed by atoms with Crippen molar-refractivity contribution in [3.8, 4) is 0 Å². The third-order valence-corrected chi connectivity index (χ3v) is 6.79. The minimum atomic E-state index is -3.66. The SMILES string of the molecule is CN1CCCCC1CN1CCN(c2cccc(S(C)(=O)=O)c2[N+](=O)[O-])CC1. The topological polar surface area (TPSA) is 87.0 Å². The molecule has 1 unspecified atom stereocenters. The quantitative estimate of drug-likeness (QED) is 0.552. The van der Waals surface area contributed by atoms with Crippen molar-refractivity contribution >= 4 is 21.2 Å². The number of rotatable bonds is 5. The number of benzene rings is 1. The molecule has 2 heterocycles. The summed E-state index contributed by atoms with van der Waals surface area (Å²) >= 11 is 0. The number of nitro groups is 1. The maximum atomic E-state index is 12.0. The Hall–Kier alpha value is -1.71. The van der Waals surface area contributed by atoms with Gasteiger partial charge in [0.05, 0.1) is 4.92 Å². The number of likely N-dealkylation sites (N-methyl/N-ethyl adjacent to an activating group) is 1. The van der Waals surface area contributed by atoms with Gasteiger partial charge in [-0.2, -0.15) is 0 Å². The van der Waals surface area contributed by atoms with Crippen molar-refractivity contribution in [3.05, 3.63) is 28.3 Å². The van der Waals surface area contributed by atoms with Crippen molar-refractivity contribution in [2.75, 3.05) is 57.5 Å². The molecule has 9 heteroatoms. The van der Waals surface area contributed by atoms with Crippen LogP contribution >= 0.6 is 0 Å². The first-order chi connectivity index (χ1) is 12.8. The van der Waals surface area contributed by atoms with E-state index in [1.165, 1.54) is 25.3 Å². The highest BCUT2D eigenvalue weighted by Crippen LogP contribution is 2.35. The molecule has 2 fully saturated rings. The van der Waals surface area contributed by atoms with E-state index in [1.54, 1.807) is 12.1 Å². The van der Waals surface area contributed by atoms with Crippen LogP contribution in [0.5, 0.6) is 0 Å². The molecule has 1 aromatic rings. The summed E-state index contributed by atoms with van der Waals surface area (Å²) in [5.74, 6) is 0. The van der Waals surface area contributed by atoms with Crippen LogP contribution in [0, 0.1) is 10.1 Å². The molecule has 2 saturated heterocycles. The van der Waals surface area contributed by atoms with Gasteiger partial charge in [0.2, 0.25) is 0 Å². The summed E-state index contributed by atoms with van der Waals surface area (Å²) in [6, 6.07) is 5.12. The Kier molecular flexibility index (Phi) is 6.02. The molecule has 0 aromatic heterocycles. The van der Waals surface area contributed by atoms with Crippen molar-refractivity contribution in [2.45, 2.75) is 30.2 Å². The van der Waals surface area contributed by atoms with Crippen LogP contribution < -0.4 is 4.90 Å². The Morgan fingerprint density at radius 3 is 2.44 bits per heavy atom. The van der Waals surface area contributed by atoms with E-state index in [0.717, 1.165) is 32.4 Å². The summed E-state index contributed by atoms with van der Waals surface area (Å²) in [4.78, 5) is 17.6. The van der Waals surface area contributed by atoms with Crippen LogP contribution in [0.3, 0.4) is 0 Å². The summed E-state index contributed by atoms with van der Waals surface area (Å²) < 4.78 is 23.9. The lowest BCUT2D eigenvalue weighted by Crippen LogP contribution is -2.52. The lowest BCUT2D eigenvalue weighted by molar-refractivity contribution is -0.387. The predicted octanol–water partition coefficient (Wildman–Crippen LogP) is 1.60. The Balaban J connectivity index is 1.72. The molecule has 0 spiro atoms. The van der Waals surface area contributed by atoms with Crippen LogP contribution in [0.4, 0.5) is 11.4 Å². The van der Waals surface area contributed by atoms with Gasteiger partial charge in [-0.3, -0.25) is 15.0 Å². The van der Waals surface area contributed by atoms with Crippen LogP contribution in [0.1, 0.15) is 19.3 Å². The highest BCUT2D eigenvalue weighted by atomic mass is 32.2. The van der Waals surface area contributed by atoms with Crippen molar-refractivity contribution in [2.24, 2.45) is 0 Å². The first-order valence-electron chi connectivity index (χ1n) is 9.42. The first kappa shape index (κ1) is 20.0. The van der Waals surface area contributed by atoms with Gasteiger partial charge in [0.1, 0.15) is 10.6 Å². The molecule has 2 aliphatic rings. The molecule has 0 aliphatic carbocycles.